The molecule has 4 atom stereocenters. The Morgan fingerprint density at radius 3 is 2.52 bits per heavy atom. The van der Waals surface area contributed by atoms with Crippen LogP contribution in [0.5, 0.6) is 0 Å². The van der Waals surface area contributed by atoms with Crippen LogP contribution in [0.25, 0.3) is 5.70 Å². The van der Waals surface area contributed by atoms with Gasteiger partial charge in [-0.3, -0.25) is 0 Å². The highest BCUT2D eigenvalue weighted by atomic mass is 79.9. The molecule has 1 heterocycles. The van der Waals surface area contributed by atoms with E-state index in [1.165, 1.54) is 18.0 Å². The van der Waals surface area contributed by atoms with Gasteiger partial charge in [0.05, 0.1) is 17.9 Å². The Morgan fingerprint density at radius 2 is 1.91 bits per heavy atom. The molecule has 5 N–H and O–H groups in total. The lowest BCUT2D eigenvalue weighted by atomic mass is 10.1. The van der Waals surface area contributed by atoms with Crippen LogP contribution >= 0.6 is 27.7 Å². The second-order valence-corrected chi connectivity index (χ2v) is 8.95. The maximum absolute atomic E-state index is 13.4. The first-order valence-corrected chi connectivity index (χ1v) is 11.2. The molecule has 0 spiro atoms. The Kier molecular flexibility index (Phi) is 8.63. The van der Waals surface area contributed by atoms with E-state index in [0.717, 1.165) is 17.0 Å². The van der Waals surface area contributed by atoms with Crippen LogP contribution in [-0.4, -0.2) is 47.3 Å². The molecular weight excluding hydrogens is 527 g/mol. The van der Waals surface area contributed by atoms with E-state index in [1.54, 1.807) is 18.2 Å². The second kappa shape index (κ2) is 11.2. The molecule has 1 fully saturated rings. The van der Waals surface area contributed by atoms with E-state index in [1.807, 2.05) is 6.07 Å². The first-order valence-electron chi connectivity index (χ1n) is 9.53. The molecule has 1 saturated heterocycles. The average molecular weight is 546 g/mol. The number of benzene rings is 2. The molecule has 0 amide bonds. The number of hydrogen-bond acceptors (Lipinski definition) is 8. The summed E-state index contributed by atoms with van der Waals surface area (Å²) >= 11 is 4.56. The fourth-order valence-electron chi connectivity index (χ4n) is 2.92. The highest BCUT2D eigenvalue weighted by Gasteiger charge is 2.38. The zero-order chi connectivity index (χ0) is 24.1. The van der Waals surface area contributed by atoms with Gasteiger partial charge < -0.3 is 30.7 Å². The van der Waals surface area contributed by atoms with Crippen molar-refractivity contribution in [1.82, 2.24) is 5.32 Å². The molecule has 1 aliphatic rings. The molecule has 33 heavy (non-hydrogen) atoms. The predicted octanol–water partition coefficient (Wildman–Crippen LogP) is 2.80. The van der Waals surface area contributed by atoms with Crippen molar-refractivity contribution >= 4 is 33.4 Å². The Bertz CT molecular complexity index is 1060. The van der Waals surface area contributed by atoms with E-state index in [4.69, 9.17) is 20.5 Å². The minimum atomic E-state index is -1.59. The van der Waals surface area contributed by atoms with Crippen molar-refractivity contribution in [3.05, 3.63) is 69.6 Å². The van der Waals surface area contributed by atoms with E-state index < -0.39 is 48.0 Å². The van der Waals surface area contributed by atoms with Gasteiger partial charge in [0.15, 0.2) is 23.7 Å². The summed E-state index contributed by atoms with van der Waals surface area (Å²) in [4.78, 5) is 0.736. The molecule has 7 nitrogen and oxygen atoms in total. The fourth-order valence-corrected chi connectivity index (χ4v) is 4.65. The van der Waals surface area contributed by atoms with Gasteiger partial charge in [0, 0.05) is 27.7 Å². The first kappa shape index (κ1) is 25.4. The van der Waals surface area contributed by atoms with Gasteiger partial charge in [0.25, 0.3) is 0 Å². The molecule has 0 aliphatic carbocycles. The van der Waals surface area contributed by atoms with Crippen molar-refractivity contribution in [3.8, 4) is 6.07 Å². The van der Waals surface area contributed by atoms with Crippen LogP contribution in [0.1, 0.15) is 11.1 Å². The van der Waals surface area contributed by atoms with Crippen LogP contribution in [-0.2, 0) is 9.47 Å². The number of hydrogen-bond donors (Lipinski definition) is 4. The first-order chi connectivity index (χ1) is 15.7. The minimum Gasteiger partial charge on any atom is -0.397 e. The predicted molar refractivity (Wildman–Crippen MR) is 118 cm³/mol. The summed E-state index contributed by atoms with van der Waals surface area (Å²) < 4.78 is 51.9. The molecule has 2 aromatic rings. The molecule has 176 valence electrons. The van der Waals surface area contributed by atoms with Gasteiger partial charge in [0.1, 0.15) is 23.7 Å². The maximum atomic E-state index is 13.4. The number of ether oxygens (including phenoxy) is 2. The van der Waals surface area contributed by atoms with E-state index >= 15 is 0 Å². The third-order valence-electron chi connectivity index (χ3n) is 4.63. The zero-order valence-corrected chi connectivity index (χ0v) is 19.2. The summed E-state index contributed by atoms with van der Waals surface area (Å²) in [7, 11) is 0. The SMILES string of the molecule is N#Cc1ccc(SC2OC(CO)C(O)OC2CN/C=C(\N)c2cc(F)c(F)c(F)c2)cc1Br. The van der Waals surface area contributed by atoms with Gasteiger partial charge in [-0.15, -0.1) is 0 Å². The number of nitrogens with zero attached hydrogens (tertiary/aromatic N) is 1. The Hall–Kier alpha value is -2.27. The van der Waals surface area contributed by atoms with Gasteiger partial charge in [-0.05, 0) is 46.3 Å². The van der Waals surface area contributed by atoms with Crippen LogP contribution in [0.2, 0.25) is 0 Å². The van der Waals surface area contributed by atoms with Gasteiger partial charge >= 0.3 is 0 Å². The van der Waals surface area contributed by atoms with Crippen LogP contribution in [0.4, 0.5) is 13.2 Å². The molecule has 3 rings (SSSR count). The second-order valence-electron chi connectivity index (χ2n) is 6.92. The summed E-state index contributed by atoms with van der Waals surface area (Å²) in [6, 6.07) is 8.66. The topological polar surface area (TPSA) is 121 Å². The lowest BCUT2D eigenvalue weighted by Crippen LogP contribution is -2.52. The number of rotatable bonds is 7. The van der Waals surface area contributed by atoms with Gasteiger partial charge in [-0.2, -0.15) is 5.26 Å². The molecule has 0 saturated carbocycles. The normalized spacial score (nSPS) is 23.2. The van der Waals surface area contributed by atoms with Gasteiger partial charge in [-0.1, -0.05) is 11.8 Å². The van der Waals surface area contributed by atoms with Crippen molar-refractivity contribution < 1.29 is 32.9 Å². The molecule has 4 unspecified atom stereocenters. The minimum absolute atomic E-state index is 0.0569. The van der Waals surface area contributed by atoms with Crippen molar-refractivity contribution in [3.63, 3.8) is 0 Å². The van der Waals surface area contributed by atoms with Crippen molar-refractivity contribution in [2.45, 2.75) is 28.8 Å². The largest absolute Gasteiger partial charge is 0.397 e. The van der Waals surface area contributed by atoms with Crippen molar-refractivity contribution in [1.29, 1.82) is 5.26 Å². The number of aliphatic hydroxyl groups is 2. The van der Waals surface area contributed by atoms with Crippen LogP contribution < -0.4 is 11.1 Å². The number of thioether (sulfide) groups is 1. The lowest BCUT2D eigenvalue weighted by molar-refractivity contribution is -0.270. The highest BCUT2D eigenvalue weighted by molar-refractivity contribution is 9.10. The number of nitrogens with one attached hydrogen (secondary N) is 1. The molecular formula is C21H19BrF3N3O4S. The fraction of sp³-hybridized carbons (Fsp3) is 0.286. The number of nitriles is 1. The Labute approximate surface area is 200 Å². The summed E-state index contributed by atoms with van der Waals surface area (Å²) in [6.45, 7) is -0.402. The monoisotopic (exact) mass is 545 g/mol. The number of nitrogens with two attached hydrogens (primary N) is 1. The number of halogens is 4. The average Bonchev–Trinajstić information content (AvgIpc) is 2.78. The smallest absolute Gasteiger partial charge is 0.194 e. The zero-order valence-electron chi connectivity index (χ0n) is 16.8. The summed E-state index contributed by atoms with van der Waals surface area (Å²) in [6.07, 6.45) is -1.81. The quantitative estimate of drug-likeness (QED) is 0.392. The summed E-state index contributed by atoms with van der Waals surface area (Å²) in [5, 5.41) is 31.4. The van der Waals surface area contributed by atoms with Crippen LogP contribution in [0, 0.1) is 28.8 Å². The molecule has 0 aromatic heterocycles. The maximum Gasteiger partial charge on any atom is 0.194 e. The molecule has 12 heteroatoms. The third kappa shape index (κ3) is 6.20. The van der Waals surface area contributed by atoms with E-state index in [-0.39, 0.29) is 17.8 Å². The molecule has 0 radical (unpaired) electrons. The number of aliphatic hydroxyl groups excluding tert-OH is 2. The van der Waals surface area contributed by atoms with E-state index in [2.05, 4.69) is 21.2 Å². The van der Waals surface area contributed by atoms with Crippen LogP contribution in [0.3, 0.4) is 0 Å². The van der Waals surface area contributed by atoms with Gasteiger partial charge in [-0.25, -0.2) is 13.2 Å². The van der Waals surface area contributed by atoms with Crippen molar-refractivity contribution in [2.75, 3.05) is 13.2 Å². The van der Waals surface area contributed by atoms with Gasteiger partial charge in [0.2, 0.25) is 0 Å². The standard InChI is InChI=1S/C21H19BrF3N3O4S/c22-13-5-12(2-1-10(13)6-26)33-21-17(31-20(30)18(9-29)32-21)8-28-7-16(27)11-3-14(23)19(25)15(24)4-11/h1-5,7,17-18,20-21,28-30H,8-9,27H2/b16-7-. The van der Waals surface area contributed by atoms with E-state index in [0.29, 0.717) is 10.0 Å². The Morgan fingerprint density at radius 1 is 1.21 bits per heavy atom. The third-order valence-corrected chi connectivity index (χ3v) is 6.46. The van der Waals surface area contributed by atoms with E-state index in [9.17, 15) is 23.4 Å². The molecule has 1 aliphatic heterocycles. The molecule has 2 aromatic carbocycles. The summed E-state index contributed by atoms with van der Waals surface area (Å²) in [5.41, 5.74) is 5.49. The van der Waals surface area contributed by atoms with Crippen molar-refractivity contribution in [2.24, 2.45) is 5.73 Å². The Balaban J connectivity index is 1.72. The van der Waals surface area contributed by atoms with Crippen LogP contribution in [0.15, 0.2) is 45.9 Å². The lowest BCUT2D eigenvalue weighted by Gasteiger charge is -2.38. The molecule has 0 bridgehead atoms. The summed E-state index contributed by atoms with van der Waals surface area (Å²) in [5.74, 6) is -4.32. The highest BCUT2D eigenvalue weighted by Crippen LogP contribution is 2.34.